The highest BCUT2D eigenvalue weighted by atomic mass is 31.2. The molecule has 0 fully saturated rings. The molecule has 3 N–H and O–H groups in total. The standard InChI is InChI=1S/C76H144O17P2/c1-8-10-11-12-13-14-15-16-17-20-26-31-36-45-52-59-75(80)93-72(64-87-74(79)58-51-44-39-38-42-49-56-69(7)9-2)66-91-95(84,85)89-62-70(77)61-88-94(82,83)90-65-71(92-76(81)60-53-46-37-32-27-22-24-29-34-41-48-55-68(5)6)63-86-73(78)57-50-43-35-30-25-21-18-19-23-28-33-40-47-54-67(3)4/h14-17,67-72,77H,8-13,18-66H2,1-7H3,(H,82,83)(H,84,85)/b15-14-,17-16-/t69?,70-,71-,72-/m1/s1. The summed E-state index contributed by atoms with van der Waals surface area (Å²) in [5.41, 5.74) is 0. The van der Waals surface area contributed by atoms with Gasteiger partial charge in [0.15, 0.2) is 12.2 Å². The van der Waals surface area contributed by atoms with E-state index in [0.29, 0.717) is 25.7 Å². The molecule has 0 aliphatic heterocycles. The van der Waals surface area contributed by atoms with Gasteiger partial charge in [-0.3, -0.25) is 37.3 Å². The smallest absolute Gasteiger partial charge is 0.462 e. The van der Waals surface area contributed by atoms with Gasteiger partial charge in [0.25, 0.3) is 0 Å². The summed E-state index contributed by atoms with van der Waals surface area (Å²) in [6, 6.07) is 0. The van der Waals surface area contributed by atoms with E-state index in [9.17, 15) is 43.2 Å². The second kappa shape index (κ2) is 66.1. The quantitative estimate of drug-likeness (QED) is 0.0169. The normalized spacial score (nSPS) is 14.5. The van der Waals surface area contributed by atoms with Gasteiger partial charge in [-0.1, -0.05) is 310 Å². The molecule has 0 aliphatic carbocycles. The number of phosphoric ester groups is 2. The number of aliphatic hydroxyl groups excluding tert-OH is 1. The first kappa shape index (κ1) is 92.5. The van der Waals surface area contributed by atoms with Crippen LogP contribution >= 0.6 is 15.6 Å². The molecular formula is C76H144O17P2. The summed E-state index contributed by atoms with van der Waals surface area (Å²) >= 11 is 0. The Labute approximate surface area is 580 Å². The summed E-state index contributed by atoms with van der Waals surface area (Å²) in [5.74, 6) is 0.132. The molecule has 3 unspecified atom stereocenters. The van der Waals surface area contributed by atoms with E-state index in [1.54, 1.807) is 0 Å². The van der Waals surface area contributed by atoms with Crippen molar-refractivity contribution in [2.75, 3.05) is 39.6 Å². The van der Waals surface area contributed by atoms with Crippen molar-refractivity contribution in [2.45, 2.75) is 381 Å². The Morgan fingerprint density at radius 3 is 0.937 bits per heavy atom. The van der Waals surface area contributed by atoms with Crippen molar-refractivity contribution >= 4 is 39.5 Å². The van der Waals surface area contributed by atoms with Crippen molar-refractivity contribution < 1.29 is 80.2 Å². The number of carbonyl (C=O) groups is 4. The van der Waals surface area contributed by atoms with Crippen LogP contribution in [0.3, 0.4) is 0 Å². The molecule has 0 saturated heterocycles. The first-order valence-corrected chi connectivity index (χ1v) is 41.7. The third-order valence-electron chi connectivity index (χ3n) is 17.4. The van der Waals surface area contributed by atoms with E-state index in [1.165, 1.54) is 154 Å². The van der Waals surface area contributed by atoms with Gasteiger partial charge in [-0.2, -0.15) is 0 Å². The van der Waals surface area contributed by atoms with E-state index < -0.39 is 97.5 Å². The van der Waals surface area contributed by atoms with Crippen LogP contribution in [0.15, 0.2) is 24.3 Å². The van der Waals surface area contributed by atoms with Gasteiger partial charge in [0.05, 0.1) is 26.4 Å². The van der Waals surface area contributed by atoms with Crippen LogP contribution in [0.1, 0.15) is 363 Å². The molecule has 0 aromatic carbocycles. The first-order chi connectivity index (χ1) is 45.8. The molecule has 0 rings (SSSR count). The summed E-state index contributed by atoms with van der Waals surface area (Å²) in [6.07, 6.45) is 54.9. The minimum Gasteiger partial charge on any atom is -0.462 e. The zero-order valence-corrected chi connectivity index (χ0v) is 63.4. The average Bonchev–Trinajstić information content (AvgIpc) is 3.29. The minimum atomic E-state index is -4.96. The SMILES string of the molecule is CCCCCC/C=C\C=C/CCCCCCCC(=O)O[C@H](COC(=O)CCCCCCCCC(C)CC)COP(=O)(O)OC[C@H](O)COP(=O)(O)OC[C@@H](COC(=O)CCCCCCCCCCCCCCCC(C)C)OC(=O)CCCCCCCCCCCCCC(C)C. The lowest BCUT2D eigenvalue weighted by molar-refractivity contribution is -0.161. The van der Waals surface area contributed by atoms with Crippen molar-refractivity contribution in [3.8, 4) is 0 Å². The van der Waals surface area contributed by atoms with Crippen molar-refractivity contribution in [1.82, 2.24) is 0 Å². The molecule has 0 heterocycles. The Kier molecular flexibility index (Phi) is 64.4. The maximum atomic E-state index is 13.1. The number of unbranched alkanes of at least 4 members (excludes halogenated alkanes) is 36. The lowest BCUT2D eigenvalue weighted by atomic mass is 10.00. The van der Waals surface area contributed by atoms with E-state index in [0.717, 1.165) is 127 Å². The molecule has 95 heavy (non-hydrogen) atoms. The third-order valence-corrected chi connectivity index (χ3v) is 19.3. The van der Waals surface area contributed by atoms with Crippen LogP contribution in [0.2, 0.25) is 0 Å². The van der Waals surface area contributed by atoms with E-state index in [-0.39, 0.29) is 25.7 Å². The molecule has 560 valence electrons. The van der Waals surface area contributed by atoms with Gasteiger partial charge >= 0.3 is 39.5 Å². The molecule has 0 amide bonds. The maximum absolute atomic E-state index is 13.1. The number of aliphatic hydroxyl groups is 1. The fourth-order valence-corrected chi connectivity index (χ4v) is 12.6. The van der Waals surface area contributed by atoms with Gasteiger partial charge in [0.2, 0.25) is 0 Å². The predicted octanol–water partition coefficient (Wildman–Crippen LogP) is 21.7. The van der Waals surface area contributed by atoms with Crippen LogP contribution in [-0.4, -0.2) is 96.7 Å². The Morgan fingerprint density at radius 1 is 0.347 bits per heavy atom. The largest absolute Gasteiger partial charge is 0.472 e. The van der Waals surface area contributed by atoms with E-state index in [4.69, 9.17) is 37.0 Å². The summed E-state index contributed by atoms with van der Waals surface area (Å²) in [5, 5.41) is 10.6. The minimum absolute atomic E-state index is 0.0838. The van der Waals surface area contributed by atoms with E-state index >= 15 is 0 Å². The Morgan fingerprint density at radius 2 is 0.621 bits per heavy atom. The molecule has 0 aromatic heterocycles. The summed E-state index contributed by atoms with van der Waals surface area (Å²) < 4.78 is 68.5. The summed E-state index contributed by atoms with van der Waals surface area (Å²) in [4.78, 5) is 72.8. The molecule has 0 spiro atoms. The topological polar surface area (TPSA) is 237 Å². The van der Waals surface area contributed by atoms with Crippen LogP contribution in [0.5, 0.6) is 0 Å². The van der Waals surface area contributed by atoms with Gasteiger partial charge < -0.3 is 33.8 Å². The fraction of sp³-hybridized carbons (Fsp3) is 0.895. The Hall–Kier alpha value is -2.46. The second-order valence-electron chi connectivity index (χ2n) is 27.9. The van der Waals surface area contributed by atoms with Crippen molar-refractivity contribution in [2.24, 2.45) is 17.8 Å². The van der Waals surface area contributed by atoms with Crippen LogP contribution in [0.25, 0.3) is 0 Å². The number of carbonyl (C=O) groups excluding carboxylic acids is 4. The molecule has 0 saturated carbocycles. The molecular weight excluding hydrogens is 1250 g/mol. The number of phosphoric acid groups is 2. The van der Waals surface area contributed by atoms with Crippen molar-refractivity contribution in [3.05, 3.63) is 24.3 Å². The summed E-state index contributed by atoms with van der Waals surface area (Å²) in [6.45, 7) is 11.8. The first-order valence-electron chi connectivity index (χ1n) is 38.7. The Bertz CT molecular complexity index is 1950. The monoisotopic (exact) mass is 1390 g/mol. The summed E-state index contributed by atoms with van der Waals surface area (Å²) in [7, 11) is -9.93. The van der Waals surface area contributed by atoms with Gasteiger partial charge in [-0.15, -0.1) is 0 Å². The fourth-order valence-electron chi connectivity index (χ4n) is 11.0. The number of esters is 4. The number of hydrogen-bond donors (Lipinski definition) is 3. The van der Waals surface area contributed by atoms with Crippen LogP contribution in [0, 0.1) is 17.8 Å². The highest BCUT2D eigenvalue weighted by molar-refractivity contribution is 7.47. The lowest BCUT2D eigenvalue weighted by Gasteiger charge is -2.21. The number of ether oxygens (including phenoxy) is 4. The van der Waals surface area contributed by atoms with Crippen LogP contribution in [-0.2, 0) is 65.4 Å². The maximum Gasteiger partial charge on any atom is 0.472 e. The third kappa shape index (κ3) is 68.5. The van der Waals surface area contributed by atoms with Crippen molar-refractivity contribution in [3.63, 3.8) is 0 Å². The molecule has 0 bridgehead atoms. The Balaban J connectivity index is 5.29. The average molecular weight is 1390 g/mol. The van der Waals surface area contributed by atoms with Crippen molar-refractivity contribution in [1.29, 1.82) is 0 Å². The zero-order chi connectivity index (χ0) is 70.1. The predicted molar refractivity (Wildman–Crippen MR) is 386 cm³/mol. The zero-order valence-electron chi connectivity index (χ0n) is 61.6. The molecule has 0 aromatic rings. The highest BCUT2D eigenvalue weighted by Crippen LogP contribution is 2.45. The van der Waals surface area contributed by atoms with Gasteiger partial charge in [0.1, 0.15) is 19.3 Å². The number of allylic oxidation sites excluding steroid dienone is 4. The highest BCUT2D eigenvalue weighted by Gasteiger charge is 2.30. The number of rotatable bonds is 72. The van der Waals surface area contributed by atoms with E-state index in [1.807, 2.05) is 0 Å². The van der Waals surface area contributed by atoms with Gasteiger partial charge in [-0.05, 0) is 69.1 Å². The van der Waals surface area contributed by atoms with E-state index in [2.05, 4.69) is 72.8 Å². The van der Waals surface area contributed by atoms with Gasteiger partial charge in [-0.25, -0.2) is 9.13 Å². The molecule has 6 atom stereocenters. The second-order valence-corrected chi connectivity index (χ2v) is 30.8. The molecule has 17 nitrogen and oxygen atoms in total. The van der Waals surface area contributed by atoms with Gasteiger partial charge in [0, 0.05) is 25.7 Å². The van der Waals surface area contributed by atoms with Crippen LogP contribution in [0.4, 0.5) is 0 Å². The molecule has 0 aliphatic rings. The molecule has 19 heteroatoms. The molecule has 0 radical (unpaired) electrons. The lowest BCUT2D eigenvalue weighted by Crippen LogP contribution is -2.30. The number of hydrogen-bond acceptors (Lipinski definition) is 15. The van der Waals surface area contributed by atoms with Crippen LogP contribution < -0.4 is 0 Å².